The van der Waals surface area contributed by atoms with Gasteiger partial charge in [0.05, 0.1) is 13.2 Å². The van der Waals surface area contributed by atoms with Gasteiger partial charge in [-0.1, -0.05) is 6.07 Å². The molecule has 2 atom stereocenters. The van der Waals surface area contributed by atoms with E-state index in [4.69, 9.17) is 15.2 Å². The van der Waals surface area contributed by atoms with Gasteiger partial charge in [-0.15, -0.1) is 0 Å². The number of methoxy groups -OCH3 is 1. The van der Waals surface area contributed by atoms with E-state index in [2.05, 4.69) is 0 Å². The van der Waals surface area contributed by atoms with Gasteiger partial charge < -0.3 is 20.3 Å². The molecule has 4 nitrogen and oxygen atoms in total. The summed E-state index contributed by atoms with van der Waals surface area (Å²) in [5.41, 5.74) is 6.73. The molecule has 16 heavy (non-hydrogen) atoms. The summed E-state index contributed by atoms with van der Waals surface area (Å²) in [6.45, 7) is 3.80. The van der Waals surface area contributed by atoms with E-state index in [-0.39, 0.29) is 12.6 Å². The molecule has 0 bridgehead atoms. The van der Waals surface area contributed by atoms with Gasteiger partial charge in [0.1, 0.15) is 18.1 Å². The minimum absolute atomic E-state index is 0.116. The first-order valence-electron chi connectivity index (χ1n) is 5.29. The van der Waals surface area contributed by atoms with Gasteiger partial charge in [0.2, 0.25) is 0 Å². The van der Waals surface area contributed by atoms with Gasteiger partial charge in [-0.25, -0.2) is 0 Å². The molecule has 0 aliphatic carbocycles. The maximum Gasteiger partial charge on any atom is 0.127 e. The lowest BCUT2D eigenvalue weighted by Gasteiger charge is -2.16. The molecule has 0 aromatic heterocycles. The van der Waals surface area contributed by atoms with E-state index in [9.17, 15) is 5.11 Å². The van der Waals surface area contributed by atoms with Crippen LogP contribution in [0.5, 0.6) is 11.5 Å². The smallest absolute Gasteiger partial charge is 0.127 e. The molecule has 1 aromatic carbocycles. The van der Waals surface area contributed by atoms with Crippen molar-refractivity contribution in [2.24, 2.45) is 5.73 Å². The number of nitrogens with two attached hydrogens (primary N) is 1. The molecule has 3 N–H and O–H groups in total. The van der Waals surface area contributed by atoms with Crippen LogP contribution >= 0.6 is 0 Å². The SMILES string of the molecule is COc1ccc([C@H](C)N)c(OCC(C)O)c1. The number of hydrogen-bond donors (Lipinski definition) is 2. The highest BCUT2D eigenvalue weighted by Gasteiger charge is 2.10. The van der Waals surface area contributed by atoms with E-state index in [1.54, 1.807) is 20.1 Å². The van der Waals surface area contributed by atoms with Crippen molar-refractivity contribution in [3.63, 3.8) is 0 Å². The maximum atomic E-state index is 9.18. The van der Waals surface area contributed by atoms with Gasteiger partial charge in [0, 0.05) is 17.7 Å². The third kappa shape index (κ3) is 3.40. The molecule has 1 rings (SSSR count). The van der Waals surface area contributed by atoms with Crippen molar-refractivity contribution in [3.8, 4) is 11.5 Å². The van der Waals surface area contributed by atoms with Gasteiger partial charge in [0.15, 0.2) is 0 Å². The third-order valence-electron chi connectivity index (χ3n) is 2.19. The van der Waals surface area contributed by atoms with E-state index in [0.717, 1.165) is 5.56 Å². The normalized spacial score (nSPS) is 14.3. The summed E-state index contributed by atoms with van der Waals surface area (Å²) in [5, 5.41) is 9.18. The standard InChI is InChI=1S/C12H19NO3/c1-8(14)7-16-12-6-10(15-3)4-5-11(12)9(2)13/h4-6,8-9,14H,7,13H2,1-3H3/t8?,9-/m0/s1. The highest BCUT2D eigenvalue weighted by Crippen LogP contribution is 2.28. The van der Waals surface area contributed by atoms with E-state index < -0.39 is 6.10 Å². The molecule has 0 aliphatic heterocycles. The molecule has 1 aromatic rings. The fourth-order valence-corrected chi connectivity index (χ4v) is 1.35. The highest BCUT2D eigenvalue weighted by atomic mass is 16.5. The molecule has 0 fully saturated rings. The Bertz CT molecular complexity index is 337. The Kier molecular flexibility index (Phi) is 4.58. The topological polar surface area (TPSA) is 64.7 Å². The summed E-state index contributed by atoms with van der Waals surface area (Å²) >= 11 is 0. The zero-order valence-corrected chi connectivity index (χ0v) is 9.93. The number of rotatable bonds is 5. The lowest BCUT2D eigenvalue weighted by atomic mass is 10.1. The summed E-state index contributed by atoms with van der Waals surface area (Å²) in [4.78, 5) is 0. The third-order valence-corrected chi connectivity index (χ3v) is 2.19. The fourth-order valence-electron chi connectivity index (χ4n) is 1.35. The molecule has 0 heterocycles. The summed E-state index contributed by atoms with van der Waals surface area (Å²) in [7, 11) is 1.60. The quantitative estimate of drug-likeness (QED) is 0.796. The Morgan fingerprint density at radius 1 is 1.38 bits per heavy atom. The zero-order valence-electron chi connectivity index (χ0n) is 9.93. The summed E-state index contributed by atoms with van der Waals surface area (Å²) in [6, 6.07) is 5.38. The Hall–Kier alpha value is -1.26. The Balaban J connectivity index is 2.91. The van der Waals surface area contributed by atoms with Gasteiger partial charge in [-0.3, -0.25) is 0 Å². The molecule has 0 radical (unpaired) electrons. The molecule has 0 saturated carbocycles. The molecule has 0 spiro atoms. The first-order chi connectivity index (χ1) is 7.54. The Labute approximate surface area is 96.0 Å². The predicted octanol–water partition coefficient (Wildman–Crippen LogP) is 1.47. The van der Waals surface area contributed by atoms with Crippen molar-refractivity contribution in [2.45, 2.75) is 26.0 Å². The number of aliphatic hydroxyl groups excluding tert-OH is 1. The van der Waals surface area contributed by atoms with Crippen LogP contribution in [-0.4, -0.2) is 24.9 Å². The second kappa shape index (κ2) is 5.72. The van der Waals surface area contributed by atoms with E-state index in [1.165, 1.54) is 0 Å². The first kappa shape index (κ1) is 12.8. The Morgan fingerprint density at radius 3 is 2.56 bits per heavy atom. The first-order valence-corrected chi connectivity index (χ1v) is 5.29. The van der Waals surface area contributed by atoms with Crippen molar-refractivity contribution >= 4 is 0 Å². The van der Waals surface area contributed by atoms with Gasteiger partial charge in [-0.05, 0) is 19.9 Å². The van der Waals surface area contributed by atoms with Crippen LogP contribution in [0.2, 0.25) is 0 Å². The average molecular weight is 225 g/mol. The second-order valence-corrected chi connectivity index (χ2v) is 3.85. The number of benzene rings is 1. The summed E-state index contributed by atoms with van der Waals surface area (Å²) < 4.78 is 10.6. The number of hydrogen-bond acceptors (Lipinski definition) is 4. The van der Waals surface area contributed by atoms with E-state index >= 15 is 0 Å². The fraction of sp³-hybridized carbons (Fsp3) is 0.500. The van der Waals surface area contributed by atoms with Gasteiger partial charge >= 0.3 is 0 Å². The van der Waals surface area contributed by atoms with Crippen LogP contribution in [0.25, 0.3) is 0 Å². The molecule has 4 heteroatoms. The number of ether oxygens (including phenoxy) is 2. The molecule has 1 unspecified atom stereocenters. The minimum Gasteiger partial charge on any atom is -0.497 e. The predicted molar refractivity (Wildman–Crippen MR) is 62.8 cm³/mol. The minimum atomic E-state index is -0.507. The summed E-state index contributed by atoms with van der Waals surface area (Å²) in [5.74, 6) is 1.38. The molecule has 0 aliphatic rings. The van der Waals surface area contributed by atoms with E-state index in [0.29, 0.717) is 11.5 Å². The van der Waals surface area contributed by atoms with Crippen LogP contribution in [0, 0.1) is 0 Å². The zero-order chi connectivity index (χ0) is 12.1. The van der Waals surface area contributed by atoms with Crippen molar-refractivity contribution in [3.05, 3.63) is 23.8 Å². The van der Waals surface area contributed by atoms with Crippen LogP contribution < -0.4 is 15.2 Å². The van der Waals surface area contributed by atoms with Crippen LogP contribution in [0.15, 0.2) is 18.2 Å². The van der Waals surface area contributed by atoms with Crippen molar-refractivity contribution in [2.75, 3.05) is 13.7 Å². The van der Waals surface area contributed by atoms with Crippen molar-refractivity contribution in [1.29, 1.82) is 0 Å². The average Bonchev–Trinajstić information content (AvgIpc) is 2.25. The second-order valence-electron chi connectivity index (χ2n) is 3.85. The van der Waals surface area contributed by atoms with Crippen LogP contribution in [-0.2, 0) is 0 Å². The lowest BCUT2D eigenvalue weighted by Crippen LogP contribution is -2.15. The molecular formula is C12H19NO3. The maximum absolute atomic E-state index is 9.18. The largest absolute Gasteiger partial charge is 0.497 e. The van der Waals surface area contributed by atoms with Gasteiger partial charge in [0.25, 0.3) is 0 Å². The van der Waals surface area contributed by atoms with Crippen LogP contribution in [0.1, 0.15) is 25.5 Å². The summed E-state index contributed by atoms with van der Waals surface area (Å²) in [6.07, 6.45) is -0.507. The van der Waals surface area contributed by atoms with Gasteiger partial charge in [-0.2, -0.15) is 0 Å². The molecular weight excluding hydrogens is 206 g/mol. The van der Waals surface area contributed by atoms with E-state index in [1.807, 2.05) is 19.1 Å². The van der Waals surface area contributed by atoms with Crippen LogP contribution in [0.3, 0.4) is 0 Å². The van der Waals surface area contributed by atoms with Crippen molar-refractivity contribution < 1.29 is 14.6 Å². The molecule has 0 amide bonds. The number of aliphatic hydroxyl groups is 1. The lowest BCUT2D eigenvalue weighted by molar-refractivity contribution is 0.121. The Morgan fingerprint density at radius 2 is 2.06 bits per heavy atom. The van der Waals surface area contributed by atoms with Crippen molar-refractivity contribution in [1.82, 2.24) is 0 Å². The van der Waals surface area contributed by atoms with Crippen LogP contribution in [0.4, 0.5) is 0 Å². The molecule has 90 valence electrons. The highest BCUT2D eigenvalue weighted by molar-refractivity contribution is 5.42. The monoisotopic (exact) mass is 225 g/mol. The molecule has 0 saturated heterocycles.